The first kappa shape index (κ1) is 10.5. The third kappa shape index (κ3) is 2.21. The minimum Gasteiger partial charge on any atom is -0.475 e. The van der Waals surface area contributed by atoms with Crippen LogP contribution < -0.4 is 10.1 Å². The van der Waals surface area contributed by atoms with E-state index in [0.29, 0.717) is 18.1 Å². The summed E-state index contributed by atoms with van der Waals surface area (Å²) in [5, 5.41) is 11.2. The zero-order valence-electron chi connectivity index (χ0n) is 9.54. The molecule has 0 aliphatic carbocycles. The summed E-state index contributed by atoms with van der Waals surface area (Å²) < 4.78 is 7.48. The summed E-state index contributed by atoms with van der Waals surface area (Å²) in [5.74, 6) is 1.29. The van der Waals surface area contributed by atoms with Crippen LogP contribution in [0.2, 0.25) is 0 Å². The normalized spacial score (nSPS) is 19.9. The van der Waals surface area contributed by atoms with Crippen molar-refractivity contribution < 1.29 is 4.74 Å². The van der Waals surface area contributed by atoms with Crippen molar-refractivity contribution >= 4 is 5.65 Å². The van der Waals surface area contributed by atoms with Gasteiger partial charge in [-0.1, -0.05) is 0 Å². The Kier molecular flexibility index (Phi) is 2.87. The van der Waals surface area contributed by atoms with Gasteiger partial charge in [0.15, 0.2) is 0 Å². The van der Waals surface area contributed by atoms with Crippen LogP contribution in [-0.2, 0) is 0 Å². The first-order valence-corrected chi connectivity index (χ1v) is 5.91. The third-order valence-electron chi connectivity index (χ3n) is 3.11. The summed E-state index contributed by atoms with van der Waals surface area (Å²) in [6.07, 6.45) is 7.45. The maximum absolute atomic E-state index is 5.68. The molecule has 0 aromatic carbocycles. The number of ether oxygens (including phenoxy) is 1. The highest BCUT2D eigenvalue weighted by Crippen LogP contribution is 2.16. The molecule has 0 amide bonds. The predicted molar refractivity (Wildman–Crippen MR) is 61.9 cm³/mol. The average Bonchev–Trinajstić information content (AvgIpc) is 2.99. The Morgan fingerprint density at radius 3 is 3.41 bits per heavy atom. The summed E-state index contributed by atoms with van der Waals surface area (Å²) >= 11 is 0. The molecular formula is C11H15N5O. The molecule has 1 aliphatic heterocycles. The fourth-order valence-corrected chi connectivity index (χ4v) is 2.12. The van der Waals surface area contributed by atoms with Crippen molar-refractivity contribution in [1.29, 1.82) is 0 Å². The van der Waals surface area contributed by atoms with Gasteiger partial charge in [-0.25, -0.2) is 4.98 Å². The van der Waals surface area contributed by atoms with E-state index in [-0.39, 0.29) is 0 Å². The van der Waals surface area contributed by atoms with Gasteiger partial charge < -0.3 is 10.1 Å². The van der Waals surface area contributed by atoms with Crippen LogP contribution in [-0.4, -0.2) is 39.3 Å². The Balaban J connectivity index is 1.62. The second-order valence-electron chi connectivity index (χ2n) is 4.29. The summed E-state index contributed by atoms with van der Waals surface area (Å²) in [6.45, 7) is 2.92. The molecule has 1 aliphatic rings. The number of nitrogens with zero attached hydrogens (tertiary/aromatic N) is 4. The van der Waals surface area contributed by atoms with E-state index in [0.717, 1.165) is 25.4 Å². The van der Waals surface area contributed by atoms with Crippen molar-refractivity contribution in [1.82, 2.24) is 24.9 Å². The van der Waals surface area contributed by atoms with Gasteiger partial charge in [0.1, 0.15) is 6.33 Å². The van der Waals surface area contributed by atoms with E-state index in [2.05, 4.69) is 20.5 Å². The quantitative estimate of drug-likeness (QED) is 0.833. The number of fused-ring (bicyclic) bond motifs is 1. The molecular weight excluding hydrogens is 218 g/mol. The van der Waals surface area contributed by atoms with Gasteiger partial charge in [-0.15, -0.1) is 10.2 Å². The zero-order valence-corrected chi connectivity index (χ0v) is 9.54. The number of hydrogen-bond acceptors (Lipinski definition) is 5. The molecule has 1 fully saturated rings. The molecule has 0 saturated carbocycles. The van der Waals surface area contributed by atoms with E-state index < -0.39 is 0 Å². The van der Waals surface area contributed by atoms with Gasteiger partial charge >= 0.3 is 0 Å². The minimum absolute atomic E-state index is 0.566. The summed E-state index contributed by atoms with van der Waals surface area (Å²) in [6, 6.07) is 0. The van der Waals surface area contributed by atoms with E-state index in [4.69, 9.17) is 4.74 Å². The van der Waals surface area contributed by atoms with E-state index >= 15 is 0 Å². The van der Waals surface area contributed by atoms with Gasteiger partial charge in [-0.2, -0.15) is 0 Å². The van der Waals surface area contributed by atoms with Crippen LogP contribution in [0.25, 0.3) is 5.65 Å². The van der Waals surface area contributed by atoms with E-state index in [1.165, 1.54) is 6.42 Å². The fourth-order valence-electron chi connectivity index (χ4n) is 2.12. The zero-order chi connectivity index (χ0) is 11.5. The molecule has 1 N–H and O–H groups in total. The van der Waals surface area contributed by atoms with Crippen molar-refractivity contribution in [2.45, 2.75) is 12.8 Å². The molecule has 1 atom stereocenters. The van der Waals surface area contributed by atoms with Gasteiger partial charge in [0.2, 0.25) is 5.65 Å². The van der Waals surface area contributed by atoms with Gasteiger partial charge in [0, 0.05) is 12.4 Å². The topological polar surface area (TPSA) is 64.3 Å². The smallest absolute Gasteiger partial charge is 0.260 e. The fraction of sp³-hybridized carbons (Fsp3) is 0.545. The standard InChI is InChI=1S/C11H15N5O/c1-3-12-7-9(1)2-6-17-11-10-15-14-8-16(10)5-4-13-11/h4-5,8-9,12H,1-3,6-7H2. The Bertz CT molecular complexity index is 491. The molecule has 3 heterocycles. The number of hydrogen-bond donors (Lipinski definition) is 1. The van der Waals surface area contributed by atoms with Gasteiger partial charge in [0.05, 0.1) is 6.61 Å². The highest BCUT2D eigenvalue weighted by Gasteiger charge is 2.14. The number of aromatic nitrogens is 4. The molecule has 6 nitrogen and oxygen atoms in total. The van der Waals surface area contributed by atoms with Crippen molar-refractivity contribution in [3.8, 4) is 5.88 Å². The monoisotopic (exact) mass is 233 g/mol. The van der Waals surface area contributed by atoms with Crippen LogP contribution in [0.5, 0.6) is 5.88 Å². The first-order chi connectivity index (χ1) is 8.43. The van der Waals surface area contributed by atoms with Gasteiger partial charge in [-0.05, 0) is 31.8 Å². The number of nitrogens with one attached hydrogen (secondary N) is 1. The molecule has 17 heavy (non-hydrogen) atoms. The SMILES string of the molecule is c1cn2cnnc2c(OCCC2CCNC2)n1. The van der Waals surface area contributed by atoms with Crippen LogP contribution in [0.4, 0.5) is 0 Å². The highest BCUT2D eigenvalue weighted by molar-refractivity contribution is 5.47. The highest BCUT2D eigenvalue weighted by atomic mass is 16.5. The second-order valence-corrected chi connectivity index (χ2v) is 4.29. The Morgan fingerprint density at radius 2 is 2.53 bits per heavy atom. The summed E-state index contributed by atoms with van der Waals surface area (Å²) in [4.78, 5) is 4.18. The Hall–Kier alpha value is -1.69. The molecule has 90 valence electrons. The molecule has 1 unspecified atom stereocenters. The Labute approximate surface area is 99.0 Å². The lowest BCUT2D eigenvalue weighted by atomic mass is 10.1. The summed E-state index contributed by atoms with van der Waals surface area (Å²) in [7, 11) is 0. The molecule has 1 saturated heterocycles. The first-order valence-electron chi connectivity index (χ1n) is 5.91. The largest absolute Gasteiger partial charge is 0.475 e. The third-order valence-corrected chi connectivity index (χ3v) is 3.11. The lowest BCUT2D eigenvalue weighted by Crippen LogP contribution is -2.12. The molecule has 2 aromatic rings. The van der Waals surface area contributed by atoms with Gasteiger partial charge in [-0.3, -0.25) is 4.40 Å². The minimum atomic E-state index is 0.566. The van der Waals surface area contributed by atoms with Crippen LogP contribution in [0.15, 0.2) is 18.7 Å². The molecule has 0 spiro atoms. The van der Waals surface area contributed by atoms with Gasteiger partial charge in [0.25, 0.3) is 5.88 Å². The lowest BCUT2D eigenvalue weighted by Gasteiger charge is -2.09. The van der Waals surface area contributed by atoms with Crippen molar-refractivity contribution in [2.24, 2.45) is 5.92 Å². The Morgan fingerprint density at radius 1 is 1.53 bits per heavy atom. The van der Waals surface area contributed by atoms with Crippen LogP contribution in [0, 0.1) is 5.92 Å². The second kappa shape index (κ2) is 4.67. The lowest BCUT2D eigenvalue weighted by molar-refractivity contribution is 0.275. The van der Waals surface area contributed by atoms with E-state index in [1.807, 2.05) is 6.20 Å². The molecule has 0 bridgehead atoms. The van der Waals surface area contributed by atoms with Crippen molar-refractivity contribution in [3.63, 3.8) is 0 Å². The average molecular weight is 233 g/mol. The maximum Gasteiger partial charge on any atom is 0.260 e. The van der Waals surface area contributed by atoms with E-state index in [1.54, 1.807) is 16.9 Å². The van der Waals surface area contributed by atoms with Crippen LogP contribution in [0.1, 0.15) is 12.8 Å². The van der Waals surface area contributed by atoms with Crippen molar-refractivity contribution in [2.75, 3.05) is 19.7 Å². The molecule has 0 radical (unpaired) electrons. The molecule has 3 rings (SSSR count). The molecule has 2 aromatic heterocycles. The van der Waals surface area contributed by atoms with E-state index in [9.17, 15) is 0 Å². The predicted octanol–water partition coefficient (Wildman–Crippen LogP) is 0.503. The summed E-state index contributed by atoms with van der Waals surface area (Å²) in [5.41, 5.74) is 0.678. The maximum atomic E-state index is 5.68. The molecule has 6 heteroatoms. The number of rotatable bonds is 4. The van der Waals surface area contributed by atoms with Crippen LogP contribution in [0.3, 0.4) is 0 Å². The van der Waals surface area contributed by atoms with Crippen molar-refractivity contribution in [3.05, 3.63) is 18.7 Å². The van der Waals surface area contributed by atoms with Crippen LogP contribution >= 0.6 is 0 Å².